The van der Waals surface area contributed by atoms with Crippen LogP contribution < -0.4 is 9.64 Å². The molecule has 2 aliphatic rings. The summed E-state index contributed by atoms with van der Waals surface area (Å²) in [5, 5.41) is 7.10. The summed E-state index contributed by atoms with van der Waals surface area (Å²) in [5.41, 5.74) is -1.48. The van der Waals surface area contributed by atoms with Gasteiger partial charge in [-0.3, -0.25) is 9.59 Å². The Balaban J connectivity index is 1.95. The number of nitrogens with zero attached hydrogens (tertiary/aromatic N) is 4. The molecule has 1 atom stereocenters. The topological polar surface area (TPSA) is 118 Å². The highest BCUT2D eigenvalue weighted by molar-refractivity contribution is 6.39. The molecule has 0 radical (unpaired) electrons. The monoisotopic (exact) mass is 360 g/mol. The van der Waals surface area contributed by atoms with Gasteiger partial charge in [0.15, 0.2) is 11.3 Å². The Morgan fingerprint density at radius 2 is 2.12 bits per heavy atom. The lowest BCUT2D eigenvalue weighted by Crippen LogP contribution is -2.48. The molecule has 26 heavy (non-hydrogen) atoms. The Morgan fingerprint density at radius 3 is 2.77 bits per heavy atom. The molecule has 1 aromatic carbocycles. The molecule has 0 saturated carbocycles. The SMILES string of the molecule is CCOC(=O)C1=NN(N=O)[C@@]2(CC(=O)N(c3cccc(OC)c3)C2=O)C1. The van der Waals surface area contributed by atoms with Crippen molar-refractivity contribution in [3.8, 4) is 5.75 Å². The third-order valence-corrected chi connectivity index (χ3v) is 4.25. The van der Waals surface area contributed by atoms with Crippen molar-refractivity contribution in [2.24, 2.45) is 10.4 Å². The van der Waals surface area contributed by atoms with Crippen molar-refractivity contribution in [1.29, 1.82) is 0 Å². The van der Waals surface area contributed by atoms with E-state index in [1.54, 1.807) is 25.1 Å². The van der Waals surface area contributed by atoms with Crippen molar-refractivity contribution in [2.45, 2.75) is 25.3 Å². The Hall–Kier alpha value is -3.30. The first kappa shape index (κ1) is 17.5. The Morgan fingerprint density at radius 1 is 1.35 bits per heavy atom. The average Bonchev–Trinajstić information content (AvgIpc) is 3.13. The highest BCUT2D eigenvalue weighted by atomic mass is 16.5. The fraction of sp³-hybridized carbons (Fsp3) is 0.375. The summed E-state index contributed by atoms with van der Waals surface area (Å²) in [6.45, 7) is 1.73. The predicted octanol–water partition coefficient (Wildman–Crippen LogP) is 1.00. The van der Waals surface area contributed by atoms with Gasteiger partial charge in [-0.15, -0.1) is 15.1 Å². The summed E-state index contributed by atoms with van der Waals surface area (Å²) in [7, 11) is 1.46. The van der Waals surface area contributed by atoms with E-state index in [-0.39, 0.29) is 25.2 Å². The number of rotatable bonds is 5. The van der Waals surface area contributed by atoms with Gasteiger partial charge in [0, 0.05) is 12.5 Å². The van der Waals surface area contributed by atoms with Crippen molar-refractivity contribution < 1.29 is 23.9 Å². The molecule has 2 amide bonds. The minimum absolute atomic E-state index is 0.113. The lowest BCUT2D eigenvalue weighted by molar-refractivity contribution is -0.135. The number of hydrogen-bond acceptors (Lipinski definition) is 8. The van der Waals surface area contributed by atoms with Gasteiger partial charge in [0.2, 0.25) is 5.91 Å². The first-order chi connectivity index (χ1) is 12.5. The standard InChI is InChI=1S/C16H16N4O6/c1-3-26-14(22)12-8-16(20(17-12)18-24)9-13(21)19(15(16)23)10-5-4-6-11(7-10)25-2/h4-7H,3,8-9H2,1-2H3/t16-/m1/s1. The summed E-state index contributed by atoms with van der Waals surface area (Å²) in [4.78, 5) is 49.6. The average molecular weight is 360 g/mol. The van der Waals surface area contributed by atoms with Gasteiger partial charge in [-0.05, 0) is 19.1 Å². The van der Waals surface area contributed by atoms with Crippen LogP contribution in [0.4, 0.5) is 5.69 Å². The number of anilines is 1. The molecule has 0 N–H and O–H groups in total. The van der Waals surface area contributed by atoms with Crippen LogP contribution in [-0.2, 0) is 19.1 Å². The van der Waals surface area contributed by atoms with Gasteiger partial charge in [-0.25, -0.2) is 9.69 Å². The van der Waals surface area contributed by atoms with Crippen LogP contribution in [0.25, 0.3) is 0 Å². The molecular weight excluding hydrogens is 344 g/mol. The van der Waals surface area contributed by atoms with Crippen LogP contribution in [0.15, 0.2) is 34.7 Å². The minimum atomic E-state index is -1.65. The van der Waals surface area contributed by atoms with E-state index in [1.807, 2.05) is 0 Å². The van der Waals surface area contributed by atoms with E-state index >= 15 is 0 Å². The number of imide groups is 1. The van der Waals surface area contributed by atoms with Crippen molar-refractivity contribution in [2.75, 3.05) is 18.6 Å². The molecule has 0 unspecified atom stereocenters. The predicted molar refractivity (Wildman–Crippen MR) is 89.2 cm³/mol. The second kappa shape index (κ2) is 6.54. The molecule has 3 rings (SSSR count). The molecule has 0 aromatic heterocycles. The number of benzene rings is 1. The van der Waals surface area contributed by atoms with E-state index in [9.17, 15) is 19.3 Å². The zero-order chi connectivity index (χ0) is 18.9. The molecule has 10 nitrogen and oxygen atoms in total. The fourth-order valence-electron chi connectivity index (χ4n) is 3.05. The van der Waals surface area contributed by atoms with E-state index < -0.39 is 23.3 Å². The maximum atomic E-state index is 13.0. The number of methoxy groups -OCH3 is 1. The molecule has 2 aliphatic heterocycles. The molecule has 0 bridgehead atoms. The second-order valence-corrected chi connectivity index (χ2v) is 5.76. The Kier molecular flexibility index (Phi) is 4.41. The van der Waals surface area contributed by atoms with Gasteiger partial charge in [-0.2, -0.15) is 0 Å². The highest BCUT2D eigenvalue weighted by Crippen LogP contribution is 2.41. The lowest BCUT2D eigenvalue weighted by Gasteiger charge is -2.24. The van der Waals surface area contributed by atoms with E-state index in [4.69, 9.17) is 9.47 Å². The smallest absolute Gasteiger partial charge is 0.354 e. The third kappa shape index (κ3) is 2.59. The van der Waals surface area contributed by atoms with Crippen molar-refractivity contribution in [3.05, 3.63) is 29.2 Å². The van der Waals surface area contributed by atoms with Crippen LogP contribution in [0, 0.1) is 4.91 Å². The molecule has 10 heteroatoms. The number of ether oxygens (including phenoxy) is 2. The number of hydrogen-bond donors (Lipinski definition) is 0. The van der Waals surface area contributed by atoms with Crippen molar-refractivity contribution >= 4 is 29.2 Å². The largest absolute Gasteiger partial charge is 0.497 e. The van der Waals surface area contributed by atoms with Crippen LogP contribution in [0.3, 0.4) is 0 Å². The molecule has 0 aliphatic carbocycles. The van der Waals surface area contributed by atoms with E-state index in [2.05, 4.69) is 10.4 Å². The molecule has 1 fully saturated rings. The van der Waals surface area contributed by atoms with Gasteiger partial charge in [0.25, 0.3) is 5.91 Å². The van der Waals surface area contributed by atoms with Gasteiger partial charge in [-0.1, -0.05) is 6.07 Å². The number of nitroso groups, excluding NO2 is 1. The normalized spacial score (nSPS) is 22.0. The first-order valence-corrected chi connectivity index (χ1v) is 7.86. The van der Waals surface area contributed by atoms with Crippen molar-refractivity contribution in [3.63, 3.8) is 0 Å². The molecule has 136 valence electrons. The van der Waals surface area contributed by atoms with Crippen LogP contribution in [0.5, 0.6) is 5.75 Å². The summed E-state index contributed by atoms with van der Waals surface area (Å²) in [5.74, 6) is -1.50. The van der Waals surface area contributed by atoms with Gasteiger partial charge in [0.1, 0.15) is 5.75 Å². The maximum Gasteiger partial charge on any atom is 0.354 e. The minimum Gasteiger partial charge on any atom is -0.497 e. The Labute approximate surface area is 148 Å². The Bertz CT molecular complexity index is 823. The molecule has 1 aromatic rings. The number of amides is 2. The number of hydrazone groups is 1. The lowest BCUT2D eigenvalue weighted by atomic mass is 9.92. The van der Waals surface area contributed by atoms with Crippen LogP contribution >= 0.6 is 0 Å². The zero-order valence-electron chi connectivity index (χ0n) is 14.2. The van der Waals surface area contributed by atoms with Gasteiger partial charge >= 0.3 is 5.97 Å². The van der Waals surface area contributed by atoms with Crippen LogP contribution in [0.1, 0.15) is 19.8 Å². The summed E-state index contributed by atoms with van der Waals surface area (Å²) in [6, 6.07) is 6.39. The van der Waals surface area contributed by atoms with E-state index in [0.29, 0.717) is 16.6 Å². The maximum absolute atomic E-state index is 13.0. The second-order valence-electron chi connectivity index (χ2n) is 5.76. The highest BCUT2D eigenvalue weighted by Gasteiger charge is 2.61. The van der Waals surface area contributed by atoms with E-state index in [1.165, 1.54) is 13.2 Å². The summed E-state index contributed by atoms with van der Waals surface area (Å²) in [6.07, 6.45) is -0.566. The van der Waals surface area contributed by atoms with Crippen LogP contribution in [0.2, 0.25) is 0 Å². The van der Waals surface area contributed by atoms with Crippen molar-refractivity contribution in [1.82, 2.24) is 5.12 Å². The van der Waals surface area contributed by atoms with Crippen LogP contribution in [-0.4, -0.2) is 47.9 Å². The number of carbonyl (C=O) groups excluding carboxylic acids is 3. The molecule has 2 heterocycles. The van der Waals surface area contributed by atoms with Gasteiger partial charge in [0.05, 0.1) is 31.1 Å². The summed E-state index contributed by atoms with van der Waals surface area (Å²) >= 11 is 0. The molecule has 1 saturated heterocycles. The fourth-order valence-corrected chi connectivity index (χ4v) is 3.05. The number of carbonyl (C=O) groups is 3. The third-order valence-electron chi connectivity index (χ3n) is 4.25. The van der Waals surface area contributed by atoms with E-state index in [0.717, 1.165) is 4.90 Å². The molecular formula is C16H16N4O6. The first-order valence-electron chi connectivity index (χ1n) is 7.86. The molecule has 1 spiro atoms. The number of esters is 1. The van der Waals surface area contributed by atoms with Gasteiger partial charge < -0.3 is 9.47 Å². The zero-order valence-corrected chi connectivity index (χ0v) is 14.2. The summed E-state index contributed by atoms with van der Waals surface area (Å²) < 4.78 is 9.97. The quantitative estimate of drug-likeness (QED) is 0.437.